The van der Waals surface area contributed by atoms with Gasteiger partial charge in [0.15, 0.2) is 11.5 Å². The fraction of sp³-hybridized carbons (Fsp3) is 0.583. The van der Waals surface area contributed by atoms with E-state index in [2.05, 4.69) is 20.4 Å². The normalized spacial score (nSPS) is 16.8. The molecule has 0 spiro atoms. The first-order chi connectivity index (χ1) is 8.70. The minimum atomic E-state index is -0.540. The second-order valence-electron chi connectivity index (χ2n) is 4.63. The van der Waals surface area contributed by atoms with Crippen molar-refractivity contribution in [2.75, 3.05) is 31.6 Å². The topological polar surface area (TPSA) is 84.1 Å². The molecule has 0 saturated carbocycles. The SMILES string of the molecule is CNCC1CCN(c2ccc(C(N)=O)nn2)CC1. The fourth-order valence-electron chi connectivity index (χ4n) is 2.28. The van der Waals surface area contributed by atoms with Crippen LogP contribution in [0.4, 0.5) is 5.82 Å². The number of hydrogen-bond donors (Lipinski definition) is 2. The summed E-state index contributed by atoms with van der Waals surface area (Å²) in [6.45, 7) is 3.04. The van der Waals surface area contributed by atoms with E-state index in [0.717, 1.165) is 44.2 Å². The molecule has 1 amide bonds. The number of rotatable bonds is 4. The molecule has 0 unspecified atom stereocenters. The monoisotopic (exact) mass is 249 g/mol. The molecule has 0 radical (unpaired) electrons. The molecule has 18 heavy (non-hydrogen) atoms. The zero-order valence-electron chi connectivity index (χ0n) is 10.6. The fourth-order valence-corrected chi connectivity index (χ4v) is 2.28. The van der Waals surface area contributed by atoms with E-state index in [1.54, 1.807) is 6.07 Å². The first kappa shape index (κ1) is 12.8. The quantitative estimate of drug-likeness (QED) is 0.785. The van der Waals surface area contributed by atoms with E-state index in [9.17, 15) is 4.79 Å². The Hall–Kier alpha value is -1.69. The zero-order chi connectivity index (χ0) is 13.0. The van der Waals surface area contributed by atoms with E-state index in [0.29, 0.717) is 0 Å². The van der Waals surface area contributed by atoms with Crippen LogP contribution in [0.2, 0.25) is 0 Å². The van der Waals surface area contributed by atoms with Crippen LogP contribution in [0.1, 0.15) is 23.3 Å². The Morgan fingerprint density at radius 2 is 2.17 bits per heavy atom. The van der Waals surface area contributed by atoms with Crippen molar-refractivity contribution in [1.82, 2.24) is 15.5 Å². The van der Waals surface area contributed by atoms with Crippen molar-refractivity contribution >= 4 is 11.7 Å². The number of nitrogens with zero attached hydrogens (tertiary/aromatic N) is 3. The summed E-state index contributed by atoms with van der Waals surface area (Å²) in [7, 11) is 1.99. The number of amides is 1. The summed E-state index contributed by atoms with van der Waals surface area (Å²) in [4.78, 5) is 13.1. The van der Waals surface area contributed by atoms with Crippen molar-refractivity contribution in [3.8, 4) is 0 Å². The lowest BCUT2D eigenvalue weighted by Gasteiger charge is -2.32. The molecule has 1 aromatic heterocycles. The lowest BCUT2D eigenvalue weighted by atomic mass is 9.97. The molecule has 0 atom stereocenters. The Morgan fingerprint density at radius 1 is 1.44 bits per heavy atom. The summed E-state index contributed by atoms with van der Waals surface area (Å²) in [6.07, 6.45) is 2.31. The molecule has 2 heterocycles. The number of carbonyl (C=O) groups excluding carboxylic acids is 1. The summed E-state index contributed by atoms with van der Waals surface area (Å²) in [5.41, 5.74) is 5.34. The molecule has 6 nitrogen and oxygen atoms in total. The Balaban J connectivity index is 1.95. The third-order valence-electron chi connectivity index (χ3n) is 3.33. The number of carbonyl (C=O) groups is 1. The molecule has 1 saturated heterocycles. The average molecular weight is 249 g/mol. The minimum absolute atomic E-state index is 0.212. The average Bonchev–Trinajstić information content (AvgIpc) is 2.40. The number of anilines is 1. The number of aromatic nitrogens is 2. The Morgan fingerprint density at radius 3 is 2.67 bits per heavy atom. The molecule has 2 rings (SSSR count). The molecular weight excluding hydrogens is 230 g/mol. The van der Waals surface area contributed by atoms with Gasteiger partial charge in [0.05, 0.1) is 0 Å². The van der Waals surface area contributed by atoms with Crippen LogP contribution in [0.25, 0.3) is 0 Å². The molecule has 6 heteroatoms. The molecule has 3 N–H and O–H groups in total. The largest absolute Gasteiger partial charge is 0.364 e. The number of piperidine rings is 1. The molecule has 0 bridgehead atoms. The molecule has 0 aliphatic carbocycles. The van der Waals surface area contributed by atoms with Gasteiger partial charge in [0.2, 0.25) is 0 Å². The molecule has 1 aliphatic rings. The van der Waals surface area contributed by atoms with Gasteiger partial charge in [-0.1, -0.05) is 0 Å². The first-order valence-electron chi connectivity index (χ1n) is 6.24. The van der Waals surface area contributed by atoms with Crippen LogP contribution in [0.3, 0.4) is 0 Å². The van der Waals surface area contributed by atoms with E-state index in [1.807, 2.05) is 13.1 Å². The summed E-state index contributed by atoms with van der Waals surface area (Å²) in [6, 6.07) is 3.44. The van der Waals surface area contributed by atoms with E-state index in [4.69, 9.17) is 5.73 Å². The predicted molar refractivity (Wildman–Crippen MR) is 69.4 cm³/mol. The van der Waals surface area contributed by atoms with Gasteiger partial charge >= 0.3 is 0 Å². The standard InChI is InChI=1S/C12H19N5O/c1-14-8-9-4-6-17(7-5-9)11-3-2-10(12(13)18)15-16-11/h2-3,9,14H,4-8H2,1H3,(H2,13,18). The van der Waals surface area contributed by atoms with Gasteiger partial charge < -0.3 is 16.0 Å². The van der Waals surface area contributed by atoms with Crippen molar-refractivity contribution in [2.45, 2.75) is 12.8 Å². The number of nitrogens with one attached hydrogen (secondary N) is 1. The van der Waals surface area contributed by atoms with Gasteiger partial charge in [0, 0.05) is 13.1 Å². The highest BCUT2D eigenvalue weighted by molar-refractivity contribution is 5.90. The van der Waals surface area contributed by atoms with Gasteiger partial charge in [0.25, 0.3) is 5.91 Å². The molecule has 1 fully saturated rings. The maximum atomic E-state index is 10.9. The zero-order valence-corrected chi connectivity index (χ0v) is 10.6. The summed E-state index contributed by atoms with van der Waals surface area (Å²) < 4.78 is 0. The Labute approximate surface area is 107 Å². The van der Waals surface area contributed by atoms with Gasteiger partial charge in [-0.15, -0.1) is 10.2 Å². The second-order valence-corrected chi connectivity index (χ2v) is 4.63. The van der Waals surface area contributed by atoms with Crippen LogP contribution in [0.5, 0.6) is 0 Å². The summed E-state index contributed by atoms with van der Waals surface area (Å²) in [5.74, 6) is 1.02. The minimum Gasteiger partial charge on any atom is -0.364 e. The maximum Gasteiger partial charge on any atom is 0.269 e. The van der Waals surface area contributed by atoms with Crippen LogP contribution in [-0.2, 0) is 0 Å². The molecule has 0 aromatic carbocycles. The van der Waals surface area contributed by atoms with Crippen LogP contribution >= 0.6 is 0 Å². The van der Waals surface area contributed by atoms with E-state index < -0.39 is 5.91 Å². The molecule has 98 valence electrons. The molecule has 1 aliphatic heterocycles. The smallest absolute Gasteiger partial charge is 0.269 e. The first-order valence-corrected chi connectivity index (χ1v) is 6.24. The lowest BCUT2D eigenvalue weighted by molar-refractivity contribution is 0.0994. The van der Waals surface area contributed by atoms with Crippen LogP contribution in [0, 0.1) is 5.92 Å². The summed E-state index contributed by atoms with van der Waals surface area (Å²) >= 11 is 0. The third-order valence-corrected chi connectivity index (χ3v) is 3.33. The molecular formula is C12H19N5O. The highest BCUT2D eigenvalue weighted by atomic mass is 16.1. The van der Waals surface area contributed by atoms with Crippen LogP contribution in [0.15, 0.2) is 12.1 Å². The van der Waals surface area contributed by atoms with Crippen molar-refractivity contribution in [2.24, 2.45) is 11.7 Å². The van der Waals surface area contributed by atoms with Gasteiger partial charge in [-0.25, -0.2) is 0 Å². The van der Waals surface area contributed by atoms with E-state index >= 15 is 0 Å². The highest BCUT2D eigenvalue weighted by Gasteiger charge is 2.19. The summed E-state index contributed by atoms with van der Waals surface area (Å²) in [5, 5.41) is 11.1. The van der Waals surface area contributed by atoms with Gasteiger partial charge in [-0.05, 0) is 44.5 Å². The van der Waals surface area contributed by atoms with E-state index in [1.165, 1.54) is 0 Å². The van der Waals surface area contributed by atoms with E-state index in [-0.39, 0.29) is 5.69 Å². The van der Waals surface area contributed by atoms with Crippen LogP contribution < -0.4 is 16.0 Å². The molecule has 1 aromatic rings. The van der Waals surface area contributed by atoms with Crippen LogP contribution in [-0.4, -0.2) is 42.8 Å². The Kier molecular flexibility index (Phi) is 4.09. The lowest BCUT2D eigenvalue weighted by Crippen LogP contribution is -2.37. The van der Waals surface area contributed by atoms with Gasteiger partial charge in [-0.3, -0.25) is 4.79 Å². The van der Waals surface area contributed by atoms with Crippen molar-refractivity contribution in [1.29, 1.82) is 0 Å². The van der Waals surface area contributed by atoms with Gasteiger partial charge in [-0.2, -0.15) is 0 Å². The van der Waals surface area contributed by atoms with Crippen molar-refractivity contribution in [3.05, 3.63) is 17.8 Å². The third kappa shape index (κ3) is 2.95. The predicted octanol–water partition coefficient (Wildman–Crippen LogP) is 0.0113. The maximum absolute atomic E-state index is 10.9. The highest BCUT2D eigenvalue weighted by Crippen LogP contribution is 2.20. The van der Waals surface area contributed by atoms with Crippen molar-refractivity contribution in [3.63, 3.8) is 0 Å². The van der Waals surface area contributed by atoms with Gasteiger partial charge in [0.1, 0.15) is 0 Å². The number of nitrogens with two attached hydrogens (primary N) is 1. The number of primary amides is 1. The van der Waals surface area contributed by atoms with Crippen molar-refractivity contribution < 1.29 is 4.79 Å². The second kappa shape index (κ2) is 5.77. The number of hydrogen-bond acceptors (Lipinski definition) is 5. The Bertz CT molecular complexity index is 397.